The minimum absolute atomic E-state index is 0.0167. The molecule has 0 spiro atoms. The van der Waals surface area contributed by atoms with Gasteiger partial charge in [0.1, 0.15) is 11.6 Å². The van der Waals surface area contributed by atoms with E-state index in [0.717, 1.165) is 5.01 Å². The lowest BCUT2D eigenvalue weighted by atomic mass is 10.1. The summed E-state index contributed by atoms with van der Waals surface area (Å²) in [7, 11) is 1.50. The van der Waals surface area contributed by atoms with Crippen LogP contribution in [0.2, 0.25) is 5.02 Å². The number of methoxy groups -OCH3 is 1. The Balaban J connectivity index is 2.85. The highest BCUT2D eigenvalue weighted by Gasteiger charge is 2.16. The highest BCUT2D eigenvalue weighted by atomic mass is 35.5. The molecule has 0 radical (unpaired) electrons. The Morgan fingerprint density at radius 3 is 2.68 bits per heavy atom. The molecule has 0 bridgehead atoms. The third-order valence-electron chi connectivity index (χ3n) is 3.29. The Morgan fingerprint density at radius 1 is 1.44 bits per heavy atom. The van der Waals surface area contributed by atoms with Crippen molar-refractivity contribution in [2.24, 2.45) is 5.22 Å². The molecular weight excluding hydrogens is 340 g/mol. The lowest BCUT2D eigenvalue weighted by Crippen LogP contribution is -2.24. The van der Waals surface area contributed by atoms with Gasteiger partial charge < -0.3 is 4.74 Å². The maximum Gasteiger partial charge on any atom is 0.163 e. The van der Waals surface area contributed by atoms with E-state index < -0.39 is 0 Å². The van der Waals surface area contributed by atoms with Crippen LogP contribution in [0.1, 0.15) is 19.8 Å². The Bertz CT molecular complexity index is 726. The van der Waals surface area contributed by atoms with Crippen LogP contribution in [0.25, 0.3) is 0 Å². The largest absolute Gasteiger partial charge is 0.495 e. The number of halogens is 1. The SMILES string of the molecule is C=C/C=C(\C=C/C)C(=O)CCC(=N)N(N=N)c1ccc(OC)c(Cl)c1. The smallest absolute Gasteiger partial charge is 0.163 e. The van der Waals surface area contributed by atoms with E-state index in [9.17, 15) is 4.79 Å². The molecule has 6 nitrogen and oxygen atoms in total. The average molecular weight is 361 g/mol. The number of ketones is 1. The Kier molecular flexibility index (Phi) is 8.29. The molecule has 0 atom stereocenters. The fraction of sp³-hybridized carbons (Fsp3) is 0.222. The first-order valence-electron chi connectivity index (χ1n) is 7.55. The number of nitrogens with zero attached hydrogens (tertiary/aromatic N) is 2. The number of benzene rings is 1. The third-order valence-corrected chi connectivity index (χ3v) is 3.59. The summed E-state index contributed by atoms with van der Waals surface area (Å²) in [5.74, 6) is 0.395. The normalized spacial score (nSPS) is 11.2. The van der Waals surface area contributed by atoms with Crippen LogP contribution in [0.5, 0.6) is 5.75 Å². The maximum absolute atomic E-state index is 12.2. The second-order valence-corrected chi connectivity index (χ2v) is 5.37. The van der Waals surface area contributed by atoms with Crippen molar-refractivity contribution in [3.8, 4) is 5.75 Å². The van der Waals surface area contributed by atoms with Crippen LogP contribution >= 0.6 is 11.6 Å². The van der Waals surface area contributed by atoms with Crippen LogP contribution in [-0.4, -0.2) is 18.7 Å². The monoisotopic (exact) mass is 360 g/mol. The molecule has 0 amide bonds. The highest BCUT2D eigenvalue weighted by Crippen LogP contribution is 2.29. The van der Waals surface area contributed by atoms with Gasteiger partial charge in [-0.3, -0.25) is 10.2 Å². The lowest BCUT2D eigenvalue weighted by molar-refractivity contribution is -0.115. The molecule has 0 saturated carbocycles. The Morgan fingerprint density at radius 2 is 2.16 bits per heavy atom. The second kappa shape index (κ2) is 10.2. The third kappa shape index (κ3) is 5.69. The Hall–Kier alpha value is -2.73. The van der Waals surface area contributed by atoms with Gasteiger partial charge in [-0.1, -0.05) is 47.7 Å². The molecule has 25 heavy (non-hydrogen) atoms. The lowest BCUT2D eigenvalue weighted by Gasteiger charge is -2.18. The maximum atomic E-state index is 12.2. The minimum Gasteiger partial charge on any atom is -0.495 e. The summed E-state index contributed by atoms with van der Waals surface area (Å²) in [5.41, 5.74) is 8.29. The molecule has 1 aromatic carbocycles. The number of amidine groups is 1. The number of nitrogens with one attached hydrogen (secondary N) is 2. The van der Waals surface area contributed by atoms with E-state index in [1.54, 1.807) is 42.5 Å². The predicted molar refractivity (Wildman–Crippen MR) is 101 cm³/mol. The zero-order chi connectivity index (χ0) is 18.8. The quantitative estimate of drug-likeness (QED) is 0.160. The number of ether oxygens (including phenoxy) is 1. The molecule has 0 heterocycles. The molecule has 132 valence electrons. The van der Waals surface area contributed by atoms with E-state index in [2.05, 4.69) is 11.8 Å². The molecule has 0 saturated heterocycles. The van der Waals surface area contributed by atoms with Gasteiger partial charge in [-0.2, -0.15) is 5.53 Å². The van der Waals surface area contributed by atoms with E-state index in [0.29, 0.717) is 22.0 Å². The average Bonchev–Trinajstić information content (AvgIpc) is 2.60. The first-order chi connectivity index (χ1) is 12.0. The van der Waals surface area contributed by atoms with Crippen LogP contribution in [0.15, 0.2) is 59.9 Å². The van der Waals surface area contributed by atoms with E-state index in [1.807, 2.05) is 6.92 Å². The molecule has 0 aliphatic rings. The summed E-state index contributed by atoms with van der Waals surface area (Å²) in [4.78, 5) is 12.2. The van der Waals surface area contributed by atoms with Gasteiger partial charge >= 0.3 is 0 Å². The number of carbonyl (C=O) groups is 1. The standard InChI is InChI=1S/C18H21ClN4O2/c1-4-6-13(7-5-2)16(24)9-11-18(20)23(22-21)14-8-10-17(25-3)15(19)12-14/h4-8,10,12,20-21H,1,9,11H2,2-3H3/b7-5-,13-6+,20-18?,22-21?. The van der Waals surface area contributed by atoms with Crippen molar-refractivity contribution in [3.63, 3.8) is 0 Å². The van der Waals surface area contributed by atoms with Gasteiger partial charge in [-0.25, -0.2) is 5.01 Å². The van der Waals surface area contributed by atoms with Gasteiger partial charge in [0.2, 0.25) is 0 Å². The van der Waals surface area contributed by atoms with Gasteiger partial charge in [0.25, 0.3) is 0 Å². The Labute approximate surface area is 152 Å². The van der Waals surface area contributed by atoms with Crippen molar-refractivity contribution < 1.29 is 9.53 Å². The molecule has 0 aliphatic carbocycles. The number of hydrogen-bond donors (Lipinski definition) is 2. The van der Waals surface area contributed by atoms with Gasteiger partial charge in [0, 0.05) is 18.4 Å². The van der Waals surface area contributed by atoms with E-state index >= 15 is 0 Å². The molecule has 0 aliphatic heterocycles. The number of carbonyl (C=O) groups excluding carboxylic acids is 1. The van der Waals surface area contributed by atoms with Gasteiger partial charge in [0.15, 0.2) is 5.78 Å². The van der Waals surface area contributed by atoms with Crippen molar-refractivity contribution in [1.82, 2.24) is 0 Å². The minimum atomic E-state index is -0.111. The summed E-state index contributed by atoms with van der Waals surface area (Å²) < 4.78 is 5.08. The number of Topliss-reactive ketones (excluding diaryl/α,β-unsaturated/α-hetero) is 1. The summed E-state index contributed by atoms with van der Waals surface area (Å²) >= 11 is 6.07. The summed E-state index contributed by atoms with van der Waals surface area (Å²) in [6, 6.07) is 4.82. The van der Waals surface area contributed by atoms with Crippen molar-refractivity contribution in [3.05, 3.63) is 59.7 Å². The van der Waals surface area contributed by atoms with Crippen molar-refractivity contribution in [1.29, 1.82) is 10.9 Å². The van der Waals surface area contributed by atoms with Crippen LogP contribution in [0.3, 0.4) is 0 Å². The van der Waals surface area contributed by atoms with Gasteiger partial charge in [0.05, 0.1) is 17.8 Å². The zero-order valence-corrected chi connectivity index (χ0v) is 15.0. The van der Waals surface area contributed by atoms with Crippen molar-refractivity contribution in [2.45, 2.75) is 19.8 Å². The molecular formula is C18H21ClN4O2. The van der Waals surface area contributed by atoms with E-state index in [4.69, 9.17) is 27.3 Å². The van der Waals surface area contributed by atoms with E-state index in [1.165, 1.54) is 7.11 Å². The fourth-order valence-corrected chi connectivity index (χ4v) is 2.34. The summed E-state index contributed by atoms with van der Waals surface area (Å²) in [6.45, 7) is 5.41. The number of rotatable bonds is 9. The highest BCUT2D eigenvalue weighted by molar-refractivity contribution is 6.32. The molecule has 0 unspecified atom stereocenters. The van der Waals surface area contributed by atoms with Gasteiger partial charge in [-0.05, 0) is 25.1 Å². The van der Waals surface area contributed by atoms with Gasteiger partial charge in [-0.15, -0.1) is 0 Å². The topological polar surface area (TPSA) is 89.6 Å². The first kappa shape index (κ1) is 20.3. The molecule has 2 N–H and O–H groups in total. The van der Waals surface area contributed by atoms with Crippen LogP contribution < -0.4 is 9.75 Å². The van der Waals surface area contributed by atoms with Crippen LogP contribution in [0, 0.1) is 10.9 Å². The second-order valence-electron chi connectivity index (χ2n) is 4.96. The number of anilines is 1. The molecule has 1 aromatic rings. The van der Waals surface area contributed by atoms with E-state index in [-0.39, 0.29) is 24.5 Å². The van der Waals surface area contributed by atoms with Crippen LogP contribution in [0.4, 0.5) is 5.69 Å². The number of allylic oxidation sites excluding steroid dienone is 5. The fourth-order valence-electron chi connectivity index (χ4n) is 2.09. The summed E-state index contributed by atoms with van der Waals surface area (Å²) in [6.07, 6.45) is 6.90. The molecule has 1 rings (SSSR count). The summed E-state index contributed by atoms with van der Waals surface area (Å²) in [5, 5.41) is 12.9. The molecule has 0 aromatic heterocycles. The predicted octanol–water partition coefficient (Wildman–Crippen LogP) is 5.12. The first-order valence-corrected chi connectivity index (χ1v) is 7.93. The van der Waals surface area contributed by atoms with Crippen molar-refractivity contribution in [2.75, 3.05) is 12.1 Å². The molecule has 7 heteroatoms. The van der Waals surface area contributed by atoms with Crippen LogP contribution in [-0.2, 0) is 4.79 Å². The van der Waals surface area contributed by atoms with Crippen molar-refractivity contribution >= 4 is 28.9 Å². The zero-order valence-electron chi connectivity index (χ0n) is 14.3. The number of hydrogen-bond acceptors (Lipinski definition) is 5. The molecule has 0 fully saturated rings.